The summed E-state index contributed by atoms with van der Waals surface area (Å²) in [5.74, 6) is 0. The van der Waals surface area contributed by atoms with Gasteiger partial charge in [0.05, 0.1) is 36.4 Å². The minimum Gasteiger partial charge on any atom is -0.445 e. The van der Waals surface area contributed by atoms with E-state index in [4.69, 9.17) is 25.3 Å². The van der Waals surface area contributed by atoms with Gasteiger partial charge in [-0.25, -0.2) is 4.79 Å². The highest BCUT2D eigenvalue weighted by atomic mass is 16.7. The number of ether oxygens (including phenoxy) is 3. The van der Waals surface area contributed by atoms with Gasteiger partial charge in [-0.1, -0.05) is 40.6 Å². The number of azide groups is 2. The maximum absolute atomic E-state index is 12.2. The topological polar surface area (TPSA) is 195 Å². The molecule has 13 heteroatoms. The zero-order valence-electron chi connectivity index (χ0n) is 18.8. The molecular formula is C21H29N7O6. The Bertz CT molecular complexity index is 908. The van der Waals surface area contributed by atoms with Crippen molar-refractivity contribution < 1.29 is 29.2 Å². The predicted octanol–water partition coefficient (Wildman–Crippen LogP) is 3.07. The Morgan fingerprint density at radius 1 is 1.18 bits per heavy atom. The molecule has 1 saturated carbocycles. The first-order valence-electron chi connectivity index (χ1n) is 11.2. The molecule has 2 unspecified atom stereocenters. The number of benzene rings is 1. The van der Waals surface area contributed by atoms with Crippen LogP contribution in [-0.4, -0.2) is 65.1 Å². The van der Waals surface area contributed by atoms with Crippen molar-refractivity contribution in [2.45, 2.75) is 88.0 Å². The fourth-order valence-electron chi connectivity index (χ4n) is 4.21. The highest BCUT2D eigenvalue weighted by Crippen LogP contribution is 2.31. The molecule has 0 spiro atoms. The van der Waals surface area contributed by atoms with Crippen LogP contribution in [0.25, 0.3) is 20.9 Å². The Hall–Kier alpha value is -3.05. The Balaban J connectivity index is 1.55. The second-order valence-corrected chi connectivity index (χ2v) is 8.39. The molecule has 0 bridgehead atoms. The Morgan fingerprint density at radius 2 is 1.88 bits per heavy atom. The van der Waals surface area contributed by atoms with E-state index in [1.54, 1.807) is 6.92 Å². The van der Waals surface area contributed by atoms with Gasteiger partial charge >= 0.3 is 6.09 Å². The van der Waals surface area contributed by atoms with Crippen molar-refractivity contribution in [2.24, 2.45) is 10.2 Å². The third-order valence-corrected chi connectivity index (χ3v) is 6.02. The second kappa shape index (κ2) is 12.4. The molecule has 1 aliphatic carbocycles. The third-order valence-electron chi connectivity index (χ3n) is 6.02. The number of carbonyl (C=O) groups excluding carboxylic acids is 1. The first-order valence-corrected chi connectivity index (χ1v) is 11.2. The van der Waals surface area contributed by atoms with Crippen LogP contribution in [0.1, 0.15) is 38.2 Å². The molecule has 34 heavy (non-hydrogen) atoms. The van der Waals surface area contributed by atoms with Crippen molar-refractivity contribution in [1.82, 2.24) is 5.32 Å². The van der Waals surface area contributed by atoms with Gasteiger partial charge < -0.3 is 29.7 Å². The number of alkyl carbamates (subject to hydrolysis) is 1. The van der Waals surface area contributed by atoms with Gasteiger partial charge in [-0.2, -0.15) is 0 Å². The van der Waals surface area contributed by atoms with Crippen LogP contribution in [0.5, 0.6) is 0 Å². The minimum atomic E-state index is -1.44. The molecule has 1 amide bonds. The van der Waals surface area contributed by atoms with Gasteiger partial charge in [-0.3, -0.25) is 0 Å². The monoisotopic (exact) mass is 475 g/mol. The number of nitrogens with zero attached hydrogens (tertiary/aromatic N) is 6. The van der Waals surface area contributed by atoms with Crippen LogP contribution in [0.15, 0.2) is 40.6 Å². The number of nitrogens with one attached hydrogen (secondary N) is 1. The summed E-state index contributed by atoms with van der Waals surface area (Å²) >= 11 is 0. The molecule has 184 valence electrons. The summed E-state index contributed by atoms with van der Waals surface area (Å²) in [5.41, 5.74) is 18.4. The van der Waals surface area contributed by atoms with E-state index < -0.39 is 42.8 Å². The highest BCUT2D eigenvalue weighted by Gasteiger charge is 2.45. The number of carbonyl (C=O) groups is 1. The molecule has 3 N–H and O–H groups in total. The molecule has 8 atom stereocenters. The highest BCUT2D eigenvalue weighted by molar-refractivity contribution is 5.67. The number of aliphatic hydroxyl groups is 2. The van der Waals surface area contributed by atoms with E-state index in [2.05, 4.69) is 25.4 Å². The predicted molar refractivity (Wildman–Crippen MR) is 119 cm³/mol. The lowest BCUT2D eigenvalue weighted by Gasteiger charge is -2.42. The lowest BCUT2D eigenvalue weighted by atomic mass is 9.84. The van der Waals surface area contributed by atoms with Crippen LogP contribution < -0.4 is 5.32 Å². The lowest BCUT2D eigenvalue weighted by Crippen LogP contribution is -2.57. The van der Waals surface area contributed by atoms with Crippen LogP contribution >= 0.6 is 0 Å². The summed E-state index contributed by atoms with van der Waals surface area (Å²) in [6.07, 6.45) is -3.58. The number of rotatable bonds is 8. The van der Waals surface area contributed by atoms with Crippen LogP contribution in [-0.2, 0) is 20.8 Å². The molecule has 3 rings (SSSR count). The van der Waals surface area contributed by atoms with Gasteiger partial charge in [-0.15, -0.1) is 0 Å². The normalized spacial score (nSPS) is 31.9. The fraction of sp³-hybridized carbons (Fsp3) is 0.667. The van der Waals surface area contributed by atoms with Gasteiger partial charge in [0.1, 0.15) is 12.7 Å². The molecule has 2 fully saturated rings. The maximum atomic E-state index is 12.2. The molecule has 1 aromatic rings. The van der Waals surface area contributed by atoms with E-state index in [1.807, 2.05) is 30.3 Å². The SMILES string of the molecule is C[C@@H](NC(=O)OCc1ccccc1)[C@@H]1CCC[C@@H](O[C@@H]2C(N=[N+]=[N-])CC(N=[N+]=[N-])[C@H](O)[C@H]2O)O1. The number of aliphatic hydroxyl groups excluding tert-OH is 2. The van der Waals surface area contributed by atoms with E-state index >= 15 is 0 Å². The summed E-state index contributed by atoms with van der Waals surface area (Å²) in [5, 5.41) is 30.7. The Labute approximate surface area is 196 Å². The zero-order chi connectivity index (χ0) is 24.5. The van der Waals surface area contributed by atoms with E-state index in [0.29, 0.717) is 12.8 Å². The van der Waals surface area contributed by atoms with Gasteiger partial charge in [0.15, 0.2) is 6.29 Å². The average Bonchev–Trinajstić information content (AvgIpc) is 2.84. The molecule has 13 nitrogen and oxygen atoms in total. The van der Waals surface area contributed by atoms with Crippen LogP contribution in [0.4, 0.5) is 4.79 Å². The van der Waals surface area contributed by atoms with Crippen LogP contribution in [0, 0.1) is 0 Å². The number of hydrogen-bond donors (Lipinski definition) is 3. The van der Waals surface area contributed by atoms with Crippen LogP contribution in [0.2, 0.25) is 0 Å². The van der Waals surface area contributed by atoms with Crippen molar-refractivity contribution >= 4 is 6.09 Å². The Morgan fingerprint density at radius 3 is 2.59 bits per heavy atom. The Kier molecular flexibility index (Phi) is 9.34. The molecule has 0 aromatic heterocycles. The lowest BCUT2D eigenvalue weighted by molar-refractivity contribution is -0.250. The number of amides is 1. The maximum Gasteiger partial charge on any atom is 0.407 e. The van der Waals surface area contributed by atoms with E-state index in [-0.39, 0.29) is 25.2 Å². The largest absolute Gasteiger partial charge is 0.445 e. The van der Waals surface area contributed by atoms with Crippen molar-refractivity contribution in [1.29, 1.82) is 0 Å². The van der Waals surface area contributed by atoms with Gasteiger partial charge in [0, 0.05) is 9.82 Å². The third kappa shape index (κ3) is 6.73. The molecule has 1 aromatic carbocycles. The number of hydrogen-bond acceptors (Lipinski definition) is 8. The van der Waals surface area contributed by atoms with E-state index in [9.17, 15) is 15.0 Å². The van der Waals surface area contributed by atoms with Crippen molar-refractivity contribution in [3.05, 3.63) is 56.8 Å². The van der Waals surface area contributed by atoms with Gasteiger partial charge in [0.2, 0.25) is 0 Å². The van der Waals surface area contributed by atoms with Crippen LogP contribution in [0.3, 0.4) is 0 Å². The van der Waals surface area contributed by atoms with Gasteiger partial charge in [0.25, 0.3) is 0 Å². The standard InChI is InChI=1S/C21H29N7O6/c1-12(24-21(31)32-11-13-6-3-2-4-7-13)16-8-5-9-17(33-16)34-20-15(26-28-23)10-14(25-27-22)18(29)19(20)30/h2-4,6-7,12,14-20,29-30H,5,8-11H2,1H3,(H,24,31)/t12-,14?,15?,16+,17-,18+,19-,20-/m1/s1. The summed E-state index contributed by atoms with van der Waals surface area (Å²) in [6.45, 7) is 1.94. The zero-order valence-corrected chi connectivity index (χ0v) is 18.8. The van der Waals surface area contributed by atoms with Crippen molar-refractivity contribution in [3.63, 3.8) is 0 Å². The first-order chi connectivity index (χ1) is 16.4. The van der Waals surface area contributed by atoms with Crippen molar-refractivity contribution in [2.75, 3.05) is 0 Å². The molecule has 0 radical (unpaired) electrons. The smallest absolute Gasteiger partial charge is 0.407 e. The summed E-state index contributed by atoms with van der Waals surface area (Å²) < 4.78 is 17.2. The minimum absolute atomic E-state index is 0.0262. The fourth-order valence-corrected chi connectivity index (χ4v) is 4.21. The average molecular weight is 476 g/mol. The summed E-state index contributed by atoms with van der Waals surface area (Å²) in [4.78, 5) is 17.6. The molecule has 1 aliphatic heterocycles. The van der Waals surface area contributed by atoms with E-state index in [0.717, 1.165) is 12.0 Å². The molecular weight excluding hydrogens is 446 g/mol. The summed E-state index contributed by atoms with van der Waals surface area (Å²) in [7, 11) is 0. The van der Waals surface area contributed by atoms with E-state index in [1.165, 1.54) is 0 Å². The summed E-state index contributed by atoms with van der Waals surface area (Å²) in [6, 6.07) is 7.15. The molecule has 1 heterocycles. The van der Waals surface area contributed by atoms with Crippen molar-refractivity contribution in [3.8, 4) is 0 Å². The molecule has 2 aliphatic rings. The molecule has 1 saturated heterocycles. The second-order valence-electron chi connectivity index (χ2n) is 8.39. The first kappa shape index (κ1) is 25.6. The quantitative estimate of drug-likeness (QED) is 0.293. The van der Waals surface area contributed by atoms with Gasteiger partial charge in [-0.05, 0) is 49.2 Å².